The number of anilines is 2. The number of aliphatic hydroxyl groups is 1. The van der Waals surface area contributed by atoms with Crippen molar-refractivity contribution in [3.63, 3.8) is 0 Å². The normalized spacial score (nSPS) is 12.1. The van der Waals surface area contributed by atoms with Gasteiger partial charge in [-0.1, -0.05) is 30.3 Å². The first-order valence-electron chi connectivity index (χ1n) is 6.52. The lowest BCUT2D eigenvalue weighted by Crippen LogP contribution is -2.08. The van der Waals surface area contributed by atoms with Gasteiger partial charge in [0.25, 0.3) is 0 Å². The molecule has 3 nitrogen and oxygen atoms in total. The van der Waals surface area contributed by atoms with Crippen LogP contribution in [-0.4, -0.2) is 11.7 Å². The Hall–Kier alpha value is -2.00. The second-order valence-corrected chi connectivity index (χ2v) is 4.68. The molecule has 0 bridgehead atoms. The van der Waals surface area contributed by atoms with Gasteiger partial charge in [0.1, 0.15) is 0 Å². The van der Waals surface area contributed by atoms with Crippen LogP contribution in [0.4, 0.5) is 11.4 Å². The second kappa shape index (κ2) is 6.25. The fraction of sp³-hybridized carbons (Fsp3) is 0.250. The van der Waals surface area contributed by atoms with Crippen LogP contribution < -0.4 is 11.1 Å². The number of hydrogen-bond donors (Lipinski definition) is 3. The molecule has 0 aromatic heterocycles. The van der Waals surface area contributed by atoms with E-state index in [0.717, 1.165) is 29.9 Å². The van der Waals surface area contributed by atoms with Gasteiger partial charge in [-0.05, 0) is 37.1 Å². The van der Waals surface area contributed by atoms with Crippen molar-refractivity contribution in [3.8, 4) is 0 Å². The smallest absolute Gasteiger partial charge is 0.0781 e. The molecule has 0 aliphatic heterocycles. The molecular formula is C16H20N2O. The number of hydrogen-bond acceptors (Lipinski definition) is 3. The molecule has 0 radical (unpaired) electrons. The van der Waals surface area contributed by atoms with E-state index in [0.29, 0.717) is 0 Å². The minimum atomic E-state index is -0.458. The molecule has 0 saturated carbocycles. The van der Waals surface area contributed by atoms with Crippen LogP contribution in [0.1, 0.15) is 24.2 Å². The maximum absolute atomic E-state index is 9.70. The van der Waals surface area contributed by atoms with Crippen LogP contribution in [0, 0.1) is 0 Å². The first-order chi connectivity index (χ1) is 9.16. The van der Waals surface area contributed by atoms with Gasteiger partial charge in [-0.15, -0.1) is 0 Å². The molecule has 2 rings (SSSR count). The molecule has 0 heterocycles. The van der Waals surface area contributed by atoms with E-state index in [9.17, 15) is 5.11 Å². The molecule has 0 aliphatic rings. The maximum Gasteiger partial charge on any atom is 0.0781 e. The number of aliphatic hydroxyl groups excluding tert-OH is 1. The topological polar surface area (TPSA) is 58.3 Å². The highest BCUT2D eigenvalue weighted by atomic mass is 16.3. The van der Waals surface area contributed by atoms with E-state index in [1.807, 2.05) is 48.5 Å². The lowest BCUT2D eigenvalue weighted by Gasteiger charge is -2.13. The number of benzene rings is 2. The lowest BCUT2D eigenvalue weighted by molar-refractivity contribution is 0.200. The van der Waals surface area contributed by atoms with Crippen molar-refractivity contribution in [2.75, 3.05) is 17.6 Å². The predicted octanol–water partition coefficient (Wildman–Crippen LogP) is 2.98. The first kappa shape index (κ1) is 13.4. The van der Waals surface area contributed by atoms with Gasteiger partial charge in [0.15, 0.2) is 0 Å². The largest absolute Gasteiger partial charge is 0.399 e. The van der Waals surface area contributed by atoms with E-state index in [1.165, 1.54) is 5.56 Å². The highest BCUT2D eigenvalue weighted by Gasteiger charge is 2.06. The van der Waals surface area contributed by atoms with E-state index in [-0.39, 0.29) is 0 Å². The van der Waals surface area contributed by atoms with E-state index in [1.54, 1.807) is 6.92 Å². The Morgan fingerprint density at radius 2 is 1.79 bits per heavy atom. The Morgan fingerprint density at radius 3 is 2.47 bits per heavy atom. The quantitative estimate of drug-likeness (QED) is 0.721. The predicted molar refractivity (Wildman–Crippen MR) is 80.1 cm³/mol. The molecule has 100 valence electrons. The highest BCUT2D eigenvalue weighted by molar-refractivity contribution is 5.52. The highest BCUT2D eigenvalue weighted by Crippen LogP contribution is 2.22. The van der Waals surface area contributed by atoms with Crippen molar-refractivity contribution in [2.45, 2.75) is 19.4 Å². The van der Waals surface area contributed by atoms with Gasteiger partial charge in [0, 0.05) is 23.5 Å². The minimum Gasteiger partial charge on any atom is -0.399 e. The summed E-state index contributed by atoms with van der Waals surface area (Å²) >= 11 is 0. The summed E-state index contributed by atoms with van der Waals surface area (Å²) in [4.78, 5) is 0. The molecule has 0 saturated heterocycles. The first-order valence-corrected chi connectivity index (χ1v) is 6.52. The third-order valence-electron chi connectivity index (χ3n) is 3.12. The van der Waals surface area contributed by atoms with Crippen LogP contribution in [0.5, 0.6) is 0 Å². The minimum absolute atomic E-state index is 0.458. The van der Waals surface area contributed by atoms with Crippen molar-refractivity contribution in [1.29, 1.82) is 0 Å². The van der Waals surface area contributed by atoms with Crippen molar-refractivity contribution >= 4 is 11.4 Å². The van der Waals surface area contributed by atoms with E-state index < -0.39 is 6.10 Å². The van der Waals surface area contributed by atoms with Crippen molar-refractivity contribution in [2.24, 2.45) is 0 Å². The Labute approximate surface area is 114 Å². The fourth-order valence-electron chi connectivity index (χ4n) is 2.05. The van der Waals surface area contributed by atoms with Gasteiger partial charge in [-0.3, -0.25) is 0 Å². The summed E-state index contributed by atoms with van der Waals surface area (Å²) in [6.45, 7) is 2.61. The number of rotatable bonds is 5. The molecule has 0 fully saturated rings. The SMILES string of the molecule is C[C@@H](O)c1ccccc1NCCc1ccc(N)cc1. The molecule has 2 aromatic rings. The molecule has 2 aromatic carbocycles. The summed E-state index contributed by atoms with van der Waals surface area (Å²) in [5.41, 5.74) is 9.61. The van der Waals surface area contributed by atoms with Gasteiger partial charge in [0.2, 0.25) is 0 Å². The van der Waals surface area contributed by atoms with Crippen LogP contribution in [0.3, 0.4) is 0 Å². The van der Waals surface area contributed by atoms with Crippen molar-refractivity contribution in [3.05, 3.63) is 59.7 Å². The van der Waals surface area contributed by atoms with Crippen LogP contribution in [0.25, 0.3) is 0 Å². The second-order valence-electron chi connectivity index (χ2n) is 4.68. The van der Waals surface area contributed by atoms with Gasteiger partial charge in [0.05, 0.1) is 6.10 Å². The van der Waals surface area contributed by atoms with Gasteiger partial charge in [-0.25, -0.2) is 0 Å². The molecule has 0 amide bonds. The summed E-state index contributed by atoms with van der Waals surface area (Å²) < 4.78 is 0. The van der Waals surface area contributed by atoms with Crippen LogP contribution >= 0.6 is 0 Å². The number of nitrogen functional groups attached to an aromatic ring is 1. The third-order valence-corrected chi connectivity index (χ3v) is 3.12. The zero-order valence-corrected chi connectivity index (χ0v) is 11.1. The molecule has 19 heavy (non-hydrogen) atoms. The molecular weight excluding hydrogens is 236 g/mol. The summed E-state index contributed by atoms with van der Waals surface area (Å²) in [6.07, 6.45) is 0.467. The summed E-state index contributed by atoms with van der Waals surface area (Å²) in [7, 11) is 0. The number of nitrogens with two attached hydrogens (primary N) is 1. The van der Waals surface area contributed by atoms with E-state index in [2.05, 4.69) is 5.32 Å². The Morgan fingerprint density at radius 1 is 1.11 bits per heavy atom. The molecule has 1 atom stereocenters. The van der Waals surface area contributed by atoms with Crippen molar-refractivity contribution < 1.29 is 5.11 Å². The van der Waals surface area contributed by atoms with Gasteiger partial charge >= 0.3 is 0 Å². The Kier molecular flexibility index (Phi) is 4.42. The molecule has 0 aliphatic carbocycles. The number of para-hydroxylation sites is 1. The maximum atomic E-state index is 9.70. The molecule has 4 N–H and O–H groups in total. The van der Waals surface area contributed by atoms with Gasteiger partial charge in [-0.2, -0.15) is 0 Å². The number of nitrogens with one attached hydrogen (secondary N) is 1. The Bertz CT molecular complexity index is 521. The molecule has 3 heteroatoms. The van der Waals surface area contributed by atoms with Crippen LogP contribution in [0.15, 0.2) is 48.5 Å². The molecule has 0 unspecified atom stereocenters. The lowest BCUT2D eigenvalue weighted by atomic mass is 10.1. The average molecular weight is 256 g/mol. The zero-order valence-electron chi connectivity index (χ0n) is 11.1. The summed E-state index contributed by atoms with van der Waals surface area (Å²) in [5.74, 6) is 0. The van der Waals surface area contributed by atoms with E-state index >= 15 is 0 Å². The van der Waals surface area contributed by atoms with Crippen molar-refractivity contribution in [1.82, 2.24) is 0 Å². The van der Waals surface area contributed by atoms with Gasteiger partial charge < -0.3 is 16.2 Å². The fourth-order valence-corrected chi connectivity index (χ4v) is 2.05. The van der Waals surface area contributed by atoms with E-state index in [4.69, 9.17) is 5.73 Å². The monoisotopic (exact) mass is 256 g/mol. The van der Waals surface area contributed by atoms with Crippen LogP contribution in [-0.2, 0) is 6.42 Å². The molecule has 0 spiro atoms. The Balaban J connectivity index is 1.94. The summed E-state index contributed by atoms with van der Waals surface area (Å²) in [5, 5.41) is 13.1. The third kappa shape index (κ3) is 3.73. The summed E-state index contributed by atoms with van der Waals surface area (Å²) in [6, 6.07) is 15.7. The van der Waals surface area contributed by atoms with Crippen LogP contribution in [0.2, 0.25) is 0 Å². The zero-order chi connectivity index (χ0) is 13.7. The average Bonchev–Trinajstić information content (AvgIpc) is 2.41. The standard InChI is InChI=1S/C16H20N2O/c1-12(19)15-4-2-3-5-16(15)18-11-10-13-6-8-14(17)9-7-13/h2-9,12,18-19H,10-11,17H2,1H3/t12-/m1/s1.